The number of hydrogen-bond acceptors (Lipinski definition) is 2. The monoisotopic (exact) mass is 278 g/mol. The molecule has 0 aromatic heterocycles. The number of carbonyl (C=O) groups is 1. The molecule has 1 amide bonds. The van der Waals surface area contributed by atoms with Gasteiger partial charge in [0.1, 0.15) is 0 Å². The number of hydrogen-bond donors (Lipinski definition) is 2. The molecule has 3 fully saturated rings. The van der Waals surface area contributed by atoms with Crippen molar-refractivity contribution in [1.82, 2.24) is 10.6 Å². The predicted octanol–water partition coefficient (Wildman–Crippen LogP) is 2.85. The second-order valence-corrected chi connectivity index (χ2v) is 8.06. The first-order chi connectivity index (χ1) is 9.43. The van der Waals surface area contributed by atoms with Crippen LogP contribution in [0.5, 0.6) is 0 Å². The SMILES string of the molecule is CC1(C)C2CCC1(C)C(NCCCC(=O)NC1CC1)C2. The lowest BCUT2D eigenvalue weighted by molar-refractivity contribution is -0.121. The number of fused-ring (bicyclic) bond motifs is 2. The molecule has 0 aliphatic heterocycles. The molecule has 3 atom stereocenters. The highest BCUT2D eigenvalue weighted by atomic mass is 16.1. The standard InChI is InChI=1S/C17H30N2O/c1-16(2)12-8-9-17(16,3)14(11-12)18-10-4-5-15(20)19-13-6-7-13/h12-14,18H,4-11H2,1-3H3,(H,19,20). The van der Waals surface area contributed by atoms with Crippen molar-refractivity contribution in [1.29, 1.82) is 0 Å². The maximum absolute atomic E-state index is 11.6. The van der Waals surface area contributed by atoms with Crippen LogP contribution < -0.4 is 10.6 Å². The molecule has 114 valence electrons. The lowest BCUT2D eigenvalue weighted by Crippen LogP contribution is -2.44. The van der Waals surface area contributed by atoms with E-state index in [1.54, 1.807) is 0 Å². The summed E-state index contributed by atoms with van der Waals surface area (Å²) in [6.45, 7) is 8.36. The average molecular weight is 278 g/mol. The summed E-state index contributed by atoms with van der Waals surface area (Å²) in [5, 5.41) is 6.82. The molecule has 0 spiro atoms. The van der Waals surface area contributed by atoms with Crippen molar-refractivity contribution >= 4 is 5.91 Å². The van der Waals surface area contributed by atoms with Gasteiger partial charge in [0.25, 0.3) is 0 Å². The van der Waals surface area contributed by atoms with E-state index in [4.69, 9.17) is 0 Å². The highest BCUT2D eigenvalue weighted by molar-refractivity contribution is 5.76. The summed E-state index contributed by atoms with van der Waals surface area (Å²) in [6.07, 6.45) is 8.12. The largest absolute Gasteiger partial charge is 0.353 e. The lowest BCUT2D eigenvalue weighted by atomic mass is 9.69. The normalized spacial score (nSPS) is 38.1. The maximum Gasteiger partial charge on any atom is 0.220 e. The van der Waals surface area contributed by atoms with Crippen LogP contribution in [0.4, 0.5) is 0 Å². The van der Waals surface area contributed by atoms with E-state index in [9.17, 15) is 4.79 Å². The topological polar surface area (TPSA) is 41.1 Å². The van der Waals surface area contributed by atoms with Crippen LogP contribution >= 0.6 is 0 Å². The first kappa shape index (κ1) is 14.4. The minimum absolute atomic E-state index is 0.244. The smallest absolute Gasteiger partial charge is 0.220 e. The average Bonchev–Trinajstić information content (AvgIpc) is 3.13. The molecule has 3 nitrogen and oxygen atoms in total. The zero-order valence-electron chi connectivity index (χ0n) is 13.3. The van der Waals surface area contributed by atoms with Crippen molar-refractivity contribution in [3.63, 3.8) is 0 Å². The predicted molar refractivity (Wildman–Crippen MR) is 81.4 cm³/mol. The first-order valence-corrected chi connectivity index (χ1v) is 8.46. The summed E-state index contributed by atoms with van der Waals surface area (Å²) in [5.41, 5.74) is 0.932. The number of carbonyl (C=O) groups excluding carboxylic acids is 1. The first-order valence-electron chi connectivity index (χ1n) is 8.46. The molecule has 3 rings (SSSR count). The van der Waals surface area contributed by atoms with Gasteiger partial charge < -0.3 is 10.6 Å². The van der Waals surface area contributed by atoms with Crippen LogP contribution in [-0.2, 0) is 4.79 Å². The van der Waals surface area contributed by atoms with Crippen LogP contribution in [0.3, 0.4) is 0 Å². The Bertz CT molecular complexity index is 388. The second kappa shape index (κ2) is 5.01. The minimum Gasteiger partial charge on any atom is -0.353 e. The second-order valence-electron chi connectivity index (χ2n) is 8.06. The van der Waals surface area contributed by atoms with E-state index in [2.05, 4.69) is 31.4 Å². The highest BCUT2D eigenvalue weighted by Crippen LogP contribution is 2.65. The van der Waals surface area contributed by atoms with E-state index in [1.807, 2.05) is 0 Å². The number of rotatable bonds is 6. The Hall–Kier alpha value is -0.570. The van der Waals surface area contributed by atoms with Crippen LogP contribution in [0.1, 0.15) is 65.7 Å². The van der Waals surface area contributed by atoms with Crippen LogP contribution in [0.25, 0.3) is 0 Å². The molecule has 0 saturated heterocycles. The summed E-state index contributed by atoms with van der Waals surface area (Å²) in [4.78, 5) is 11.6. The molecule has 3 unspecified atom stereocenters. The Labute approximate surface area is 123 Å². The molecule has 3 aliphatic carbocycles. The summed E-state index contributed by atoms with van der Waals surface area (Å²) < 4.78 is 0. The van der Waals surface area contributed by atoms with Gasteiger partial charge in [-0.05, 0) is 61.8 Å². The Kier molecular flexibility index (Phi) is 3.60. The Morgan fingerprint density at radius 1 is 1.20 bits per heavy atom. The van der Waals surface area contributed by atoms with E-state index in [-0.39, 0.29) is 5.91 Å². The molecule has 0 heterocycles. The third-order valence-corrected chi connectivity index (χ3v) is 6.71. The van der Waals surface area contributed by atoms with E-state index in [0.29, 0.717) is 29.3 Å². The van der Waals surface area contributed by atoms with Gasteiger partial charge in [-0.3, -0.25) is 4.79 Å². The van der Waals surface area contributed by atoms with Crippen molar-refractivity contribution in [3.05, 3.63) is 0 Å². The van der Waals surface area contributed by atoms with Gasteiger partial charge in [-0.15, -0.1) is 0 Å². The van der Waals surface area contributed by atoms with Gasteiger partial charge in [-0.2, -0.15) is 0 Å². The lowest BCUT2D eigenvalue weighted by Gasteiger charge is -2.39. The van der Waals surface area contributed by atoms with E-state index < -0.39 is 0 Å². The number of nitrogens with one attached hydrogen (secondary N) is 2. The highest BCUT2D eigenvalue weighted by Gasteiger charge is 2.60. The van der Waals surface area contributed by atoms with Crippen molar-refractivity contribution in [2.45, 2.75) is 77.8 Å². The van der Waals surface area contributed by atoms with Crippen LogP contribution in [0.15, 0.2) is 0 Å². The fourth-order valence-corrected chi connectivity index (χ4v) is 4.57. The van der Waals surface area contributed by atoms with Gasteiger partial charge in [0.2, 0.25) is 5.91 Å². The van der Waals surface area contributed by atoms with Gasteiger partial charge in [0, 0.05) is 18.5 Å². The van der Waals surface area contributed by atoms with Crippen molar-refractivity contribution in [2.24, 2.45) is 16.7 Å². The van der Waals surface area contributed by atoms with E-state index in [0.717, 1.165) is 18.9 Å². The van der Waals surface area contributed by atoms with Gasteiger partial charge in [-0.25, -0.2) is 0 Å². The quantitative estimate of drug-likeness (QED) is 0.734. The van der Waals surface area contributed by atoms with Gasteiger partial charge in [0.05, 0.1) is 0 Å². The molecule has 0 radical (unpaired) electrons. The van der Waals surface area contributed by atoms with Crippen molar-refractivity contribution in [2.75, 3.05) is 6.54 Å². The molecular formula is C17H30N2O. The van der Waals surface area contributed by atoms with Crippen molar-refractivity contribution in [3.8, 4) is 0 Å². The maximum atomic E-state index is 11.6. The summed E-state index contributed by atoms with van der Waals surface area (Å²) in [5.74, 6) is 1.14. The molecule has 3 aliphatic rings. The zero-order valence-corrected chi connectivity index (χ0v) is 13.3. The molecule has 0 aromatic carbocycles. The molecule has 20 heavy (non-hydrogen) atoms. The Morgan fingerprint density at radius 2 is 1.95 bits per heavy atom. The summed E-state index contributed by atoms with van der Waals surface area (Å²) in [7, 11) is 0. The fraction of sp³-hybridized carbons (Fsp3) is 0.941. The molecule has 3 saturated carbocycles. The van der Waals surface area contributed by atoms with Gasteiger partial charge >= 0.3 is 0 Å². The fourth-order valence-electron chi connectivity index (χ4n) is 4.57. The third kappa shape index (κ3) is 2.38. The molecule has 2 bridgehead atoms. The molecule has 3 heteroatoms. The third-order valence-electron chi connectivity index (χ3n) is 6.71. The minimum atomic E-state index is 0.244. The molecule has 0 aromatic rings. The number of amides is 1. The van der Waals surface area contributed by atoms with Gasteiger partial charge in [-0.1, -0.05) is 20.8 Å². The van der Waals surface area contributed by atoms with Crippen molar-refractivity contribution < 1.29 is 4.79 Å². The zero-order chi connectivity index (χ0) is 14.4. The molecule has 2 N–H and O–H groups in total. The van der Waals surface area contributed by atoms with Crippen LogP contribution in [0.2, 0.25) is 0 Å². The van der Waals surface area contributed by atoms with E-state index >= 15 is 0 Å². The van der Waals surface area contributed by atoms with Gasteiger partial charge in [0.15, 0.2) is 0 Å². The van der Waals surface area contributed by atoms with Crippen LogP contribution in [-0.4, -0.2) is 24.5 Å². The summed E-state index contributed by atoms with van der Waals surface area (Å²) in [6, 6.07) is 1.16. The molecular weight excluding hydrogens is 248 g/mol. The van der Waals surface area contributed by atoms with E-state index in [1.165, 1.54) is 32.1 Å². The summed E-state index contributed by atoms with van der Waals surface area (Å²) >= 11 is 0. The Balaban J connectivity index is 1.40. The Morgan fingerprint density at radius 3 is 2.50 bits per heavy atom. The van der Waals surface area contributed by atoms with Crippen LogP contribution in [0, 0.1) is 16.7 Å².